The molecule has 3 heteroatoms. The van der Waals surface area contributed by atoms with Gasteiger partial charge >= 0.3 is 0 Å². The van der Waals surface area contributed by atoms with E-state index in [1.807, 2.05) is 6.92 Å². The van der Waals surface area contributed by atoms with E-state index in [9.17, 15) is 5.11 Å². The van der Waals surface area contributed by atoms with E-state index in [0.29, 0.717) is 0 Å². The second kappa shape index (κ2) is 8.13. The van der Waals surface area contributed by atoms with E-state index < -0.39 is 0 Å². The Morgan fingerprint density at radius 2 is 1.78 bits per heavy atom. The molecule has 0 spiro atoms. The lowest BCUT2D eigenvalue weighted by molar-refractivity contribution is 0.0597. The van der Waals surface area contributed by atoms with Crippen molar-refractivity contribution in [2.24, 2.45) is 5.73 Å². The predicted octanol–water partition coefficient (Wildman–Crippen LogP) is 2.52. The molecule has 1 atom stereocenters. The Bertz CT molecular complexity index is 211. The summed E-state index contributed by atoms with van der Waals surface area (Å²) < 4.78 is 0. The first-order chi connectivity index (χ1) is 8.64. The summed E-state index contributed by atoms with van der Waals surface area (Å²) in [6.07, 6.45) is 9.65. The van der Waals surface area contributed by atoms with Gasteiger partial charge in [-0.05, 0) is 39.2 Å². The van der Waals surface area contributed by atoms with Crippen molar-refractivity contribution in [3.63, 3.8) is 0 Å². The van der Waals surface area contributed by atoms with Crippen LogP contribution >= 0.6 is 0 Å². The van der Waals surface area contributed by atoms with Gasteiger partial charge in [0.15, 0.2) is 0 Å². The Kier molecular flexibility index (Phi) is 7.20. The lowest BCUT2D eigenvalue weighted by Crippen LogP contribution is -2.54. The predicted molar refractivity (Wildman–Crippen MR) is 77.6 cm³/mol. The van der Waals surface area contributed by atoms with Gasteiger partial charge in [-0.25, -0.2) is 0 Å². The van der Waals surface area contributed by atoms with Crippen LogP contribution in [0.15, 0.2) is 0 Å². The van der Waals surface area contributed by atoms with Crippen molar-refractivity contribution < 1.29 is 5.11 Å². The molecule has 108 valence electrons. The topological polar surface area (TPSA) is 49.5 Å². The zero-order chi connectivity index (χ0) is 13.4. The zero-order valence-electron chi connectivity index (χ0n) is 12.3. The van der Waals surface area contributed by atoms with Crippen molar-refractivity contribution in [3.8, 4) is 0 Å². The van der Waals surface area contributed by atoms with E-state index in [0.717, 1.165) is 26.1 Å². The highest BCUT2D eigenvalue weighted by molar-refractivity contribution is 4.93. The van der Waals surface area contributed by atoms with Crippen molar-refractivity contribution >= 4 is 0 Å². The molecule has 18 heavy (non-hydrogen) atoms. The van der Waals surface area contributed by atoms with Crippen LogP contribution in [0, 0.1) is 0 Å². The molecule has 0 aromatic rings. The van der Waals surface area contributed by atoms with Gasteiger partial charge in [0.1, 0.15) is 0 Å². The van der Waals surface area contributed by atoms with Gasteiger partial charge < -0.3 is 10.8 Å². The Hall–Kier alpha value is -0.120. The number of nitrogens with two attached hydrogens (primary N) is 1. The van der Waals surface area contributed by atoms with Crippen molar-refractivity contribution in [1.82, 2.24) is 4.90 Å². The minimum absolute atomic E-state index is 0.204. The molecule has 1 fully saturated rings. The number of hydrogen-bond acceptors (Lipinski definition) is 3. The number of aliphatic hydroxyl groups excluding tert-OH is 1. The van der Waals surface area contributed by atoms with Crippen LogP contribution < -0.4 is 5.73 Å². The number of hydrogen-bond donors (Lipinski definition) is 2. The lowest BCUT2D eigenvalue weighted by atomic mass is 9.87. The Morgan fingerprint density at radius 1 is 1.17 bits per heavy atom. The molecule has 0 aromatic carbocycles. The average Bonchev–Trinajstić information content (AvgIpc) is 2.60. The van der Waals surface area contributed by atoms with Gasteiger partial charge in [-0.1, -0.05) is 32.6 Å². The molecule has 1 saturated carbocycles. The van der Waals surface area contributed by atoms with E-state index >= 15 is 0 Å². The summed E-state index contributed by atoms with van der Waals surface area (Å²) in [7, 11) is 0. The molecule has 0 aliphatic heterocycles. The molecule has 0 heterocycles. The molecule has 1 unspecified atom stereocenters. The van der Waals surface area contributed by atoms with Crippen LogP contribution in [0.4, 0.5) is 0 Å². The Balaban J connectivity index is 2.70. The fourth-order valence-corrected chi connectivity index (χ4v) is 3.23. The molecule has 1 aliphatic carbocycles. The van der Waals surface area contributed by atoms with Crippen molar-refractivity contribution in [3.05, 3.63) is 0 Å². The molecule has 3 N–H and O–H groups in total. The first-order valence-corrected chi connectivity index (χ1v) is 7.78. The van der Waals surface area contributed by atoms with E-state index in [2.05, 4.69) is 11.8 Å². The van der Waals surface area contributed by atoms with Crippen LogP contribution in [0.3, 0.4) is 0 Å². The maximum atomic E-state index is 9.52. The third kappa shape index (κ3) is 4.52. The monoisotopic (exact) mass is 256 g/mol. The van der Waals surface area contributed by atoms with Crippen molar-refractivity contribution in [2.45, 2.75) is 76.9 Å². The van der Waals surface area contributed by atoms with E-state index in [1.54, 1.807) is 0 Å². The molecular formula is C15H32N2O. The number of aliphatic hydroxyl groups is 1. The summed E-state index contributed by atoms with van der Waals surface area (Å²) in [5.74, 6) is 0. The zero-order valence-corrected chi connectivity index (χ0v) is 12.3. The summed E-state index contributed by atoms with van der Waals surface area (Å²) in [5.41, 5.74) is 6.35. The summed E-state index contributed by atoms with van der Waals surface area (Å²) in [4.78, 5) is 2.57. The smallest absolute Gasteiger partial charge is 0.0524 e. The first-order valence-electron chi connectivity index (χ1n) is 7.78. The Labute approximate surface area is 113 Å². The average molecular weight is 256 g/mol. The summed E-state index contributed by atoms with van der Waals surface area (Å²) in [6, 6.07) is 0. The third-order valence-corrected chi connectivity index (χ3v) is 4.40. The molecule has 1 rings (SSSR count). The highest BCUT2D eigenvalue weighted by atomic mass is 16.3. The van der Waals surface area contributed by atoms with Gasteiger partial charge in [-0.2, -0.15) is 0 Å². The maximum Gasteiger partial charge on any atom is 0.0524 e. The largest absolute Gasteiger partial charge is 0.393 e. The minimum Gasteiger partial charge on any atom is -0.393 e. The van der Waals surface area contributed by atoms with Gasteiger partial charge in [0, 0.05) is 18.6 Å². The van der Waals surface area contributed by atoms with Crippen LogP contribution in [-0.4, -0.2) is 41.3 Å². The van der Waals surface area contributed by atoms with Crippen LogP contribution in [0.1, 0.15) is 65.2 Å². The highest BCUT2D eigenvalue weighted by Gasteiger charge is 2.35. The highest BCUT2D eigenvalue weighted by Crippen LogP contribution is 2.32. The van der Waals surface area contributed by atoms with Crippen LogP contribution in [0.5, 0.6) is 0 Å². The molecule has 0 bridgehead atoms. The van der Waals surface area contributed by atoms with Crippen LogP contribution in [-0.2, 0) is 0 Å². The number of nitrogens with zero attached hydrogens (tertiary/aromatic N) is 1. The van der Waals surface area contributed by atoms with Gasteiger partial charge in [0.25, 0.3) is 0 Å². The van der Waals surface area contributed by atoms with E-state index in [4.69, 9.17) is 5.73 Å². The standard InChI is InChI=1S/C15H32N2O/c1-3-11-17(12-8-14(2)18)15(13-16)9-6-4-5-7-10-15/h14,18H,3-13,16H2,1-2H3. The van der Waals surface area contributed by atoms with E-state index in [-0.39, 0.29) is 11.6 Å². The first kappa shape index (κ1) is 15.9. The van der Waals surface area contributed by atoms with Gasteiger partial charge in [0.2, 0.25) is 0 Å². The molecule has 0 saturated heterocycles. The molecule has 3 nitrogen and oxygen atoms in total. The molecule has 0 radical (unpaired) electrons. The normalized spacial score (nSPS) is 21.8. The second-order valence-corrected chi connectivity index (χ2v) is 5.97. The summed E-state index contributed by atoms with van der Waals surface area (Å²) in [5, 5.41) is 9.52. The number of rotatable bonds is 7. The third-order valence-electron chi connectivity index (χ3n) is 4.40. The van der Waals surface area contributed by atoms with E-state index in [1.165, 1.54) is 44.9 Å². The van der Waals surface area contributed by atoms with Crippen LogP contribution in [0.25, 0.3) is 0 Å². The minimum atomic E-state index is -0.204. The summed E-state index contributed by atoms with van der Waals surface area (Å²) >= 11 is 0. The molecular weight excluding hydrogens is 224 g/mol. The van der Waals surface area contributed by atoms with Crippen molar-refractivity contribution in [1.29, 1.82) is 0 Å². The second-order valence-electron chi connectivity index (χ2n) is 5.97. The van der Waals surface area contributed by atoms with Crippen LogP contribution in [0.2, 0.25) is 0 Å². The Morgan fingerprint density at radius 3 is 2.22 bits per heavy atom. The fraction of sp³-hybridized carbons (Fsp3) is 1.00. The fourth-order valence-electron chi connectivity index (χ4n) is 3.23. The lowest BCUT2D eigenvalue weighted by Gasteiger charge is -2.43. The molecule has 0 amide bonds. The van der Waals surface area contributed by atoms with Gasteiger partial charge in [0.05, 0.1) is 6.10 Å². The van der Waals surface area contributed by atoms with Gasteiger partial charge in [-0.3, -0.25) is 4.90 Å². The van der Waals surface area contributed by atoms with Gasteiger partial charge in [-0.15, -0.1) is 0 Å². The van der Waals surface area contributed by atoms with Crippen molar-refractivity contribution in [2.75, 3.05) is 19.6 Å². The molecule has 0 aromatic heterocycles. The quantitative estimate of drug-likeness (QED) is 0.688. The maximum absolute atomic E-state index is 9.52. The SMILES string of the molecule is CCCN(CCC(C)O)C1(CN)CCCCCC1. The molecule has 1 aliphatic rings. The summed E-state index contributed by atoms with van der Waals surface area (Å²) in [6.45, 7) is 6.99.